The molecule has 1 atom stereocenters. The van der Waals surface area contributed by atoms with Crippen LogP contribution in [0.3, 0.4) is 0 Å². The number of aliphatic hydroxyl groups is 1. The molecule has 7 nitrogen and oxygen atoms in total. The number of hydrogen-bond donors (Lipinski definition) is 3. The highest BCUT2D eigenvalue weighted by Gasteiger charge is 2.45. The largest absolute Gasteiger partial charge is 0.465 e. The van der Waals surface area contributed by atoms with Gasteiger partial charge in [0, 0.05) is 19.1 Å². The Hall–Kier alpha value is -1.41. The fraction of sp³-hybridized carbons (Fsp3) is 0.688. The smallest absolute Gasteiger partial charge is 0.404 e. The van der Waals surface area contributed by atoms with Gasteiger partial charge in [0.05, 0.1) is 12.3 Å². The Balaban J connectivity index is 1.76. The minimum atomic E-state index is -0.930. The van der Waals surface area contributed by atoms with Crippen LogP contribution in [0.15, 0.2) is 4.60 Å². The van der Waals surface area contributed by atoms with E-state index < -0.39 is 6.09 Å². The Labute approximate surface area is 149 Å². The molecule has 2 fully saturated rings. The molecule has 0 bridgehead atoms. The monoisotopic (exact) mass is 398 g/mol. The molecule has 2 heterocycles. The van der Waals surface area contributed by atoms with Gasteiger partial charge in [-0.2, -0.15) is 0 Å². The topological polar surface area (TPSA) is 98.6 Å². The van der Waals surface area contributed by atoms with Gasteiger partial charge in [-0.3, -0.25) is 0 Å². The minimum Gasteiger partial charge on any atom is -0.465 e. The van der Waals surface area contributed by atoms with E-state index in [1.165, 1.54) is 0 Å². The summed E-state index contributed by atoms with van der Waals surface area (Å²) < 4.78 is 0.658. The Kier molecular flexibility index (Phi) is 4.96. The molecule has 1 unspecified atom stereocenters. The van der Waals surface area contributed by atoms with Gasteiger partial charge in [-0.25, -0.2) is 14.8 Å². The molecular weight excluding hydrogens is 376 g/mol. The molecule has 1 amide bonds. The zero-order valence-electron chi connectivity index (χ0n) is 13.8. The van der Waals surface area contributed by atoms with Crippen LogP contribution in [0.4, 0.5) is 10.6 Å². The number of anilines is 1. The summed E-state index contributed by atoms with van der Waals surface area (Å²) in [6, 6.07) is 0.0483. The van der Waals surface area contributed by atoms with Crippen molar-refractivity contribution in [3.05, 3.63) is 16.0 Å². The number of piperidine rings is 1. The van der Waals surface area contributed by atoms with Gasteiger partial charge in [0.25, 0.3) is 0 Å². The number of halogens is 1. The zero-order valence-corrected chi connectivity index (χ0v) is 15.3. The molecule has 2 aliphatic rings. The predicted molar refractivity (Wildman–Crippen MR) is 93.1 cm³/mol. The number of nitrogens with one attached hydrogen (secondary N) is 1. The normalized spacial score (nSPS) is 22.8. The molecule has 1 aliphatic heterocycles. The van der Waals surface area contributed by atoms with Crippen molar-refractivity contribution in [3.63, 3.8) is 0 Å². The van der Waals surface area contributed by atoms with Crippen LogP contribution >= 0.6 is 15.9 Å². The van der Waals surface area contributed by atoms with Crippen LogP contribution in [-0.4, -0.2) is 45.4 Å². The van der Waals surface area contributed by atoms with Gasteiger partial charge in [0.15, 0.2) is 5.82 Å². The van der Waals surface area contributed by atoms with Crippen molar-refractivity contribution in [1.82, 2.24) is 15.3 Å². The lowest BCUT2D eigenvalue weighted by atomic mass is 9.74. The summed E-state index contributed by atoms with van der Waals surface area (Å²) >= 11 is 3.36. The van der Waals surface area contributed by atoms with E-state index in [1.807, 2.05) is 6.92 Å². The molecule has 0 radical (unpaired) electrons. The van der Waals surface area contributed by atoms with Crippen molar-refractivity contribution >= 4 is 27.8 Å². The average molecular weight is 399 g/mol. The highest BCUT2D eigenvalue weighted by molar-refractivity contribution is 9.10. The van der Waals surface area contributed by atoms with Crippen LogP contribution in [0.1, 0.15) is 43.5 Å². The molecule has 3 rings (SSSR count). The minimum absolute atomic E-state index is 0.0483. The Bertz CT molecular complexity index is 632. The van der Waals surface area contributed by atoms with E-state index in [9.17, 15) is 9.90 Å². The van der Waals surface area contributed by atoms with Gasteiger partial charge >= 0.3 is 6.09 Å². The van der Waals surface area contributed by atoms with Crippen molar-refractivity contribution in [2.45, 2.75) is 51.7 Å². The fourth-order valence-corrected chi connectivity index (χ4v) is 4.46. The summed E-state index contributed by atoms with van der Waals surface area (Å²) in [5.74, 6) is 0.744. The molecular formula is C16H23BrN4O3. The van der Waals surface area contributed by atoms with Crippen LogP contribution < -0.4 is 10.2 Å². The lowest BCUT2D eigenvalue weighted by Gasteiger charge is -2.43. The van der Waals surface area contributed by atoms with Gasteiger partial charge in [0.2, 0.25) is 0 Å². The number of carboxylic acid groups (broad SMARTS) is 1. The second kappa shape index (κ2) is 6.84. The van der Waals surface area contributed by atoms with E-state index in [4.69, 9.17) is 5.11 Å². The summed E-state index contributed by atoms with van der Waals surface area (Å²) in [6.07, 6.45) is 4.00. The van der Waals surface area contributed by atoms with Gasteiger partial charge in [-0.15, -0.1) is 0 Å². The van der Waals surface area contributed by atoms with Crippen LogP contribution in [0.2, 0.25) is 0 Å². The molecule has 1 aromatic heterocycles. The summed E-state index contributed by atoms with van der Waals surface area (Å²) in [6.45, 7) is 3.35. The van der Waals surface area contributed by atoms with Crippen molar-refractivity contribution in [3.8, 4) is 0 Å². The summed E-state index contributed by atoms with van der Waals surface area (Å²) in [7, 11) is 0. The third-order valence-electron chi connectivity index (χ3n) is 5.48. The van der Waals surface area contributed by atoms with E-state index in [0.29, 0.717) is 10.3 Å². The van der Waals surface area contributed by atoms with Crippen molar-refractivity contribution in [1.29, 1.82) is 0 Å². The second-order valence-corrected chi connectivity index (χ2v) is 7.52. The maximum Gasteiger partial charge on any atom is 0.404 e. The van der Waals surface area contributed by atoms with E-state index in [1.54, 1.807) is 0 Å². The zero-order chi connectivity index (χ0) is 17.3. The molecule has 1 spiro atoms. The highest BCUT2D eigenvalue weighted by Crippen LogP contribution is 2.47. The van der Waals surface area contributed by atoms with Crippen molar-refractivity contribution in [2.24, 2.45) is 5.41 Å². The Morgan fingerprint density at radius 1 is 1.38 bits per heavy atom. The Morgan fingerprint density at radius 3 is 2.71 bits per heavy atom. The van der Waals surface area contributed by atoms with E-state index in [-0.39, 0.29) is 18.1 Å². The predicted octanol–water partition coefficient (Wildman–Crippen LogP) is 2.45. The number of rotatable bonds is 3. The first-order chi connectivity index (χ1) is 11.4. The second-order valence-electron chi connectivity index (χ2n) is 6.77. The van der Waals surface area contributed by atoms with Crippen LogP contribution in [0.5, 0.6) is 0 Å². The molecule has 1 saturated carbocycles. The molecule has 1 aromatic rings. The average Bonchev–Trinajstić information content (AvgIpc) is 2.92. The maximum absolute atomic E-state index is 11.0. The first-order valence-electron chi connectivity index (χ1n) is 8.33. The maximum atomic E-state index is 11.0. The molecule has 132 valence electrons. The number of nitrogens with zero attached hydrogens (tertiary/aromatic N) is 3. The van der Waals surface area contributed by atoms with Gasteiger partial charge < -0.3 is 20.4 Å². The van der Waals surface area contributed by atoms with Crippen LogP contribution in [-0.2, 0) is 6.61 Å². The van der Waals surface area contributed by atoms with Gasteiger partial charge in [0.1, 0.15) is 10.3 Å². The first kappa shape index (κ1) is 17.4. The fourth-order valence-electron chi connectivity index (χ4n) is 4.15. The number of carbonyl (C=O) groups is 1. The molecule has 24 heavy (non-hydrogen) atoms. The van der Waals surface area contributed by atoms with E-state index >= 15 is 0 Å². The Morgan fingerprint density at radius 2 is 2.08 bits per heavy atom. The SMILES string of the molecule is Cc1nc(N2CCC3(CCCC3NC(=O)O)CC2)c(CO)nc1Br. The van der Waals surface area contributed by atoms with Gasteiger partial charge in [-0.05, 0) is 54.0 Å². The molecule has 1 saturated heterocycles. The number of aliphatic hydroxyl groups excluding tert-OH is 1. The molecule has 1 aliphatic carbocycles. The third kappa shape index (κ3) is 3.21. The van der Waals surface area contributed by atoms with E-state index in [2.05, 4.69) is 36.1 Å². The summed E-state index contributed by atoms with van der Waals surface area (Å²) in [5.41, 5.74) is 1.44. The summed E-state index contributed by atoms with van der Waals surface area (Å²) in [4.78, 5) is 22.2. The third-order valence-corrected chi connectivity index (χ3v) is 6.23. The van der Waals surface area contributed by atoms with Crippen LogP contribution in [0, 0.1) is 12.3 Å². The number of aromatic nitrogens is 2. The number of hydrogen-bond acceptors (Lipinski definition) is 5. The van der Waals surface area contributed by atoms with Crippen molar-refractivity contribution in [2.75, 3.05) is 18.0 Å². The molecule has 3 N–H and O–H groups in total. The van der Waals surface area contributed by atoms with E-state index in [0.717, 1.165) is 56.7 Å². The number of aryl methyl sites for hydroxylation is 1. The van der Waals surface area contributed by atoms with Gasteiger partial charge in [-0.1, -0.05) is 6.42 Å². The lowest BCUT2D eigenvalue weighted by molar-refractivity contribution is 0.149. The quantitative estimate of drug-likeness (QED) is 0.722. The first-order valence-corrected chi connectivity index (χ1v) is 9.13. The van der Waals surface area contributed by atoms with Crippen molar-refractivity contribution < 1.29 is 15.0 Å². The highest BCUT2D eigenvalue weighted by atomic mass is 79.9. The lowest BCUT2D eigenvalue weighted by Crippen LogP contribution is -2.50. The summed E-state index contributed by atoms with van der Waals surface area (Å²) in [5, 5.41) is 21.4. The number of amides is 1. The standard InChI is InChI=1S/C16H23BrN4O3/c1-10-13(17)19-11(9-22)14(18-10)21-7-5-16(6-8-21)4-2-3-12(16)20-15(23)24/h12,20,22H,2-9H2,1H3,(H,23,24). The molecule has 8 heteroatoms. The molecule has 0 aromatic carbocycles. The van der Waals surface area contributed by atoms with Crippen LogP contribution in [0.25, 0.3) is 0 Å².